The molecule has 0 spiro atoms. The highest BCUT2D eigenvalue weighted by molar-refractivity contribution is 5.94. The normalized spacial score (nSPS) is 17.7. The van der Waals surface area contributed by atoms with Crippen molar-refractivity contribution in [1.82, 2.24) is 25.0 Å². The molecule has 1 aromatic carbocycles. The van der Waals surface area contributed by atoms with Crippen LogP contribution >= 0.6 is 0 Å². The Morgan fingerprint density at radius 1 is 1.10 bits per heavy atom. The number of hydrogen-bond acceptors (Lipinski definition) is 4. The van der Waals surface area contributed by atoms with Crippen LogP contribution in [0.5, 0.6) is 0 Å². The second-order valence-corrected chi connectivity index (χ2v) is 7.78. The number of nitrogens with one attached hydrogen (secondary N) is 1. The summed E-state index contributed by atoms with van der Waals surface area (Å²) in [7, 11) is 0. The molecule has 31 heavy (non-hydrogen) atoms. The Labute approximate surface area is 180 Å². The molecule has 0 bridgehead atoms. The number of carbonyl (C=O) groups excluding carboxylic acids is 1. The maximum Gasteiger partial charge on any atom is 0.298 e. The standard InChI is InChI=1S/C24H22FN5O/c25-19-5-3-18(4-6-19)24-23(17-9-12-26-13-10-17)21-16-29(14-15-30(21)28-24)22(31)8-7-20-2-1-11-27-20/h3-6,9-10,12-13,20,27H,1-2,11,14-16H2. The highest BCUT2D eigenvalue weighted by Gasteiger charge is 2.27. The molecule has 7 heteroatoms. The molecule has 2 aliphatic heterocycles. The predicted molar refractivity (Wildman–Crippen MR) is 115 cm³/mol. The van der Waals surface area contributed by atoms with Crippen molar-refractivity contribution >= 4 is 5.91 Å². The summed E-state index contributed by atoms with van der Waals surface area (Å²) in [6.45, 7) is 2.53. The molecular formula is C24H22FN5O. The zero-order valence-corrected chi connectivity index (χ0v) is 17.0. The molecule has 1 unspecified atom stereocenters. The minimum atomic E-state index is -0.287. The number of carbonyl (C=O) groups is 1. The summed E-state index contributed by atoms with van der Waals surface area (Å²) in [6.07, 6.45) is 5.55. The van der Waals surface area contributed by atoms with E-state index in [-0.39, 0.29) is 17.8 Å². The number of nitrogens with zero attached hydrogens (tertiary/aromatic N) is 4. The monoisotopic (exact) mass is 415 g/mol. The van der Waals surface area contributed by atoms with Gasteiger partial charge in [-0.15, -0.1) is 0 Å². The first-order valence-corrected chi connectivity index (χ1v) is 10.5. The lowest BCUT2D eigenvalue weighted by molar-refractivity contribution is -0.126. The minimum Gasteiger partial charge on any atom is -0.324 e. The van der Waals surface area contributed by atoms with E-state index in [0.29, 0.717) is 19.6 Å². The summed E-state index contributed by atoms with van der Waals surface area (Å²) in [6, 6.07) is 10.3. The number of amides is 1. The molecule has 3 aromatic rings. The first kappa shape index (κ1) is 19.5. The van der Waals surface area contributed by atoms with Crippen LogP contribution in [0, 0.1) is 17.7 Å². The lowest BCUT2D eigenvalue weighted by atomic mass is 9.99. The van der Waals surface area contributed by atoms with E-state index in [4.69, 9.17) is 5.10 Å². The van der Waals surface area contributed by atoms with Crippen molar-refractivity contribution in [3.8, 4) is 34.2 Å². The molecule has 156 valence electrons. The Kier molecular flexibility index (Phi) is 5.23. The average Bonchev–Trinajstić information content (AvgIpc) is 3.46. The molecule has 1 amide bonds. The fourth-order valence-corrected chi connectivity index (χ4v) is 4.16. The summed E-state index contributed by atoms with van der Waals surface area (Å²) >= 11 is 0. The van der Waals surface area contributed by atoms with E-state index >= 15 is 0 Å². The van der Waals surface area contributed by atoms with Gasteiger partial charge in [0.25, 0.3) is 5.91 Å². The van der Waals surface area contributed by atoms with Gasteiger partial charge in [-0.25, -0.2) is 4.39 Å². The molecule has 0 saturated carbocycles. The highest BCUT2D eigenvalue weighted by Crippen LogP contribution is 2.36. The van der Waals surface area contributed by atoms with Gasteiger partial charge in [0.2, 0.25) is 0 Å². The zero-order valence-electron chi connectivity index (χ0n) is 17.0. The topological polar surface area (TPSA) is 63.1 Å². The van der Waals surface area contributed by atoms with Gasteiger partial charge in [0, 0.05) is 30.1 Å². The van der Waals surface area contributed by atoms with E-state index in [1.165, 1.54) is 12.1 Å². The van der Waals surface area contributed by atoms with Crippen molar-refractivity contribution in [3.05, 3.63) is 60.3 Å². The molecular weight excluding hydrogens is 393 g/mol. The Balaban J connectivity index is 1.51. The van der Waals surface area contributed by atoms with Crippen molar-refractivity contribution in [3.63, 3.8) is 0 Å². The van der Waals surface area contributed by atoms with Crippen LogP contribution in [-0.2, 0) is 17.9 Å². The highest BCUT2D eigenvalue weighted by atomic mass is 19.1. The number of hydrogen-bond donors (Lipinski definition) is 1. The largest absolute Gasteiger partial charge is 0.324 e. The van der Waals surface area contributed by atoms with E-state index in [0.717, 1.165) is 47.5 Å². The smallest absolute Gasteiger partial charge is 0.298 e. The predicted octanol–water partition coefficient (Wildman–Crippen LogP) is 2.85. The molecule has 1 saturated heterocycles. The third-order valence-electron chi connectivity index (χ3n) is 5.77. The lowest BCUT2D eigenvalue weighted by Crippen LogP contribution is -2.38. The summed E-state index contributed by atoms with van der Waals surface area (Å²) < 4.78 is 15.4. The Bertz CT molecular complexity index is 1150. The van der Waals surface area contributed by atoms with E-state index in [9.17, 15) is 9.18 Å². The van der Waals surface area contributed by atoms with Crippen LogP contribution < -0.4 is 5.32 Å². The SMILES string of the molecule is O=C(C#CC1CCCN1)N1CCn2nc(-c3ccc(F)cc3)c(-c3ccncc3)c2C1. The van der Waals surface area contributed by atoms with Gasteiger partial charge < -0.3 is 10.2 Å². The van der Waals surface area contributed by atoms with Crippen LogP contribution in [0.3, 0.4) is 0 Å². The third-order valence-corrected chi connectivity index (χ3v) is 5.77. The van der Waals surface area contributed by atoms with Gasteiger partial charge in [-0.1, -0.05) is 5.92 Å². The van der Waals surface area contributed by atoms with Crippen molar-refractivity contribution in [2.45, 2.75) is 32.0 Å². The van der Waals surface area contributed by atoms with Crippen LogP contribution in [-0.4, -0.2) is 44.7 Å². The molecule has 0 radical (unpaired) electrons. The molecule has 0 aliphatic carbocycles. The number of fused-ring (bicyclic) bond motifs is 1. The van der Waals surface area contributed by atoms with Gasteiger partial charge in [-0.2, -0.15) is 5.10 Å². The quantitative estimate of drug-likeness (QED) is 0.654. The third kappa shape index (κ3) is 3.94. The molecule has 2 aromatic heterocycles. The van der Waals surface area contributed by atoms with E-state index in [1.807, 2.05) is 16.8 Å². The summed E-state index contributed by atoms with van der Waals surface area (Å²) in [5, 5.41) is 8.12. The fourth-order valence-electron chi connectivity index (χ4n) is 4.16. The first-order chi connectivity index (χ1) is 15.2. The van der Waals surface area contributed by atoms with Crippen LogP contribution in [0.4, 0.5) is 4.39 Å². The zero-order chi connectivity index (χ0) is 21.2. The number of aromatic nitrogens is 3. The summed E-state index contributed by atoms with van der Waals surface area (Å²) in [5.41, 5.74) is 4.46. The molecule has 5 rings (SSSR count). The molecule has 2 aliphatic rings. The average molecular weight is 415 g/mol. The van der Waals surface area contributed by atoms with Crippen molar-refractivity contribution in [1.29, 1.82) is 0 Å². The van der Waals surface area contributed by atoms with E-state index in [1.54, 1.807) is 29.4 Å². The molecule has 6 nitrogen and oxygen atoms in total. The number of benzene rings is 1. The Morgan fingerprint density at radius 3 is 2.65 bits per heavy atom. The van der Waals surface area contributed by atoms with Gasteiger partial charge in [-0.05, 0) is 67.3 Å². The van der Waals surface area contributed by atoms with E-state index in [2.05, 4.69) is 22.1 Å². The van der Waals surface area contributed by atoms with E-state index < -0.39 is 0 Å². The number of pyridine rings is 1. The molecule has 4 heterocycles. The molecule has 1 fully saturated rings. The second kappa shape index (κ2) is 8.32. The van der Waals surface area contributed by atoms with Gasteiger partial charge in [0.1, 0.15) is 11.5 Å². The number of halogens is 1. The minimum absolute atomic E-state index is 0.108. The van der Waals surface area contributed by atoms with Crippen LogP contribution in [0.25, 0.3) is 22.4 Å². The van der Waals surface area contributed by atoms with Gasteiger partial charge in [0.05, 0.1) is 24.8 Å². The lowest BCUT2D eigenvalue weighted by Gasteiger charge is -2.26. The Morgan fingerprint density at radius 2 is 1.90 bits per heavy atom. The van der Waals surface area contributed by atoms with Crippen molar-refractivity contribution in [2.75, 3.05) is 13.1 Å². The Hall–Kier alpha value is -3.50. The second-order valence-electron chi connectivity index (χ2n) is 7.78. The van der Waals surface area contributed by atoms with Gasteiger partial charge >= 0.3 is 0 Å². The van der Waals surface area contributed by atoms with Crippen LogP contribution in [0.15, 0.2) is 48.8 Å². The summed E-state index contributed by atoms with van der Waals surface area (Å²) in [4.78, 5) is 18.7. The van der Waals surface area contributed by atoms with Crippen molar-refractivity contribution in [2.24, 2.45) is 0 Å². The van der Waals surface area contributed by atoms with Crippen molar-refractivity contribution < 1.29 is 9.18 Å². The first-order valence-electron chi connectivity index (χ1n) is 10.5. The maximum absolute atomic E-state index is 13.5. The van der Waals surface area contributed by atoms with Gasteiger partial charge in [-0.3, -0.25) is 14.5 Å². The van der Waals surface area contributed by atoms with Crippen LogP contribution in [0.1, 0.15) is 18.5 Å². The molecule has 1 atom stereocenters. The fraction of sp³-hybridized carbons (Fsp3) is 0.292. The van der Waals surface area contributed by atoms with Gasteiger partial charge in [0.15, 0.2) is 0 Å². The number of rotatable bonds is 2. The molecule has 1 N–H and O–H groups in total. The van der Waals surface area contributed by atoms with Crippen LogP contribution in [0.2, 0.25) is 0 Å². The maximum atomic E-state index is 13.5. The summed E-state index contributed by atoms with van der Waals surface area (Å²) in [5.74, 6) is 5.44.